The summed E-state index contributed by atoms with van der Waals surface area (Å²) >= 11 is 11.7. The Balaban J connectivity index is 2.04. The monoisotopic (exact) mass is 288 g/mol. The summed E-state index contributed by atoms with van der Waals surface area (Å²) in [6.45, 7) is 1.92. The number of halogens is 2. The van der Waals surface area contributed by atoms with Crippen LogP contribution in [0.2, 0.25) is 10.3 Å². The van der Waals surface area contributed by atoms with E-state index in [1.54, 1.807) is 11.9 Å². The fourth-order valence-corrected chi connectivity index (χ4v) is 2.31. The van der Waals surface area contributed by atoms with E-state index in [4.69, 9.17) is 23.2 Å². The molecule has 0 saturated carbocycles. The normalized spacial score (nSPS) is 14.9. The van der Waals surface area contributed by atoms with Crippen molar-refractivity contribution in [2.45, 2.75) is 12.8 Å². The highest BCUT2D eigenvalue weighted by Crippen LogP contribution is 2.22. The molecule has 1 aliphatic rings. The van der Waals surface area contributed by atoms with E-state index in [-0.39, 0.29) is 17.7 Å². The van der Waals surface area contributed by atoms with Crippen LogP contribution in [0.5, 0.6) is 0 Å². The lowest BCUT2D eigenvalue weighted by Crippen LogP contribution is -2.37. The summed E-state index contributed by atoms with van der Waals surface area (Å²) < 4.78 is 0. The number of rotatable bonds is 3. The van der Waals surface area contributed by atoms with E-state index in [2.05, 4.69) is 9.97 Å². The fraction of sp³-hybridized carbons (Fsp3) is 0.545. The Morgan fingerprint density at radius 1 is 1.44 bits per heavy atom. The highest BCUT2D eigenvalue weighted by atomic mass is 35.5. The number of likely N-dealkylation sites (tertiary alicyclic amines) is 1. The summed E-state index contributed by atoms with van der Waals surface area (Å²) in [6, 6.07) is 0. The van der Waals surface area contributed by atoms with Crippen molar-refractivity contribution in [3.63, 3.8) is 0 Å². The molecule has 18 heavy (non-hydrogen) atoms. The van der Waals surface area contributed by atoms with E-state index in [0.717, 1.165) is 25.9 Å². The highest BCUT2D eigenvalue weighted by Gasteiger charge is 2.20. The minimum atomic E-state index is 0.0841. The van der Waals surface area contributed by atoms with Crippen LogP contribution in [0.25, 0.3) is 0 Å². The van der Waals surface area contributed by atoms with Crippen LogP contribution in [0, 0.1) is 0 Å². The standard InChI is InChI=1S/C11H14Cl2N4O/c1-16(7-9(18)17-4-2-3-5-17)10-8(12)6-14-11(13)15-10/h6H,2-5,7H2,1H3. The molecule has 1 amide bonds. The van der Waals surface area contributed by atoms with Gasteiger partial charge in [0, 0.05) is 20.1 Å². The van der Waals surface area contributed by atoms with E-state index >= 15 is 0 Å². The molecule has 1 aromatic heterocycles. The Hall–Kier alpha value is -1.07. The maximum absolute atomic E-state index is 12.0. The quantitative estimate of drug-likeness (QED) is 0.797. The lowest BCUT2D eigenvalue weighted by Gasteiger charge is -2.22. The van der Waals surface area contributed by atoms with E-state index in [1.807, 2.05) is 4.90 Å². The van der Waals surface area contributed by atoms with E-state index in [0.29, 0.717) is 10.8 Å². The Morgan fingerprint density at radius 3 is 2.78 bits per heavy atom. The number of aromatic nitrogens is 2. The zero-order valence-electron chi connectivity index (χ0n) is 10.1. The van der Waals surface area contributed by atoms with E-state index < -0.39 is 0 Å². The molecule has 0 spiro atoms. The van der Waals surface area contributed by atoms with Crippen LogP contribution < -0.4 is 4.90 Å². The zero-order valence-corrected chi connectivity index (χ0v) is 11.6. The molecule has 1 fully saturated rings. The largest absolute Gasteiger partial charge is 0.349 e. The first-order chi connectivity index (χ1) is 8.58. The van der Waals surface area contributed by atoms with Crippen molar-refractivity contribution in [3.05, 3.63) is 16.5 Å². The van der Waals surface area contributed by atoms with Crippen molar-refractivity contribution in [2.75, 3.05) is 31.6 Å². The lowest BCUT2D eigenvalue weighted by molar-refractivity contribution is -0.128. The maximum atomic E-state index is 12.0. The van der Waals surface area contributed by atoms with Gasteiger partial charge >= 0.3 is 0 Å². The highest BCUT2D eigenvalue weighted by molar-refractivity contribution is 6.33. The molecule has 0 aliphatic carbocycles. The zero-order chi connectivity index (χ0) is 13.1. The second-order valence-electron chi connectivity index (χ2n) is 4.25. The molecular weight excluding hydrogens is 275 g/mol. The average Bonchev–Trinajstić information content (AvgIpc) is 2.85. The van der Waals surface area contributed by atoms with Crippen molar-refractivity contribution in [3.8, 4) is 0 Å². The number of carbonyl (C=O) groups is 1. The lowest BCUT2D eigenvalue weighted by atomic mass is 10.4. The van der Waals surface area contributed by atoms with Gasteiger partial charge in [-0.05, 0) is 24.4 Å². The average molecular weight is 289 g/mol. The molecule has 0 atom stereocenters. The number of hydrogen-bond acceptors (Lipinski definition) is 4. The molecule has 1 aliphatic heterocycles. The molecule has 7 heteroatoms. The predicted molar refractivity (Wildman–Crippen MR) is 71.1 cm³/mol. The van der Waals surface area contributed by atoms with Crippen molar-refractivity contribution < 1.29 is 4.79 Å². The molecule has 5 nitrogen and oxygen atoms in total. The summed E-state index contributed by atoms with van der Waals surface area (Å²) in [5.74, 6) is 0.560. The number of hydrogen-bond donors (Lipinski definition) is 0. The molecule has 1 saturated heterocycles. The van der Waals surface area contributed by atoms with Crippen molar-refractivity contribution in [1.82, 2.24) is 14.9 Å². The van der Waals surface area contributed by atoms with Crippen LogP contribution in [0.4, 0.5) is 5.82 Å². The third-order valence-corrected chi connectivity index (χ3v) is 3.34. The van der Waals surface area contributed by atoms with Crippen LogP contribution in [-0.2, 0) is 4.79 Å². The van der Waals surface area contributed by atoms with Crippen molar-refractivity contribution >= 4 is 34.9 Å². The molecule has 2 heterocycles. The summed E-state index contributed by atoms with van der Waals surface area (Å²) in [5, 5.41) is 0.506. The van der Waals surface area contributed by atoms with E-state index in [1.165, 1.54) is 6.20 Å². The SMILES string of the molecule is CN(CC(=O)N1CCCC1)c1nc(Cl)ncc1Cl. The van der Waals surface area contributed by atoms with E-state index in [9.17, 15) is 4.79 Å². The fourth-order valence-electron chi connectivity index (χ4n) is 1.95. The minimum absolute atomic E-state index is 0.0841. The Bertz CT molecular complexity index is 449. The van der Waals surface area contributed by atoms with Crippen molar-refractivity contribution in [1.29, 1.82) is 0 Å². The second kappa shape index (κ2) is 5.71. The van der Waals surface area contributed by atoms with Gasteiger partial charge in [-0.1, -0.05) is 11.6 Å². The molecule has 0 unspecified atom stereocenters. The summed E-state index contributed by atoms with van der Waals surface area (Å²) in [6.07, 6.45) is 3.59. The van der Waals surface area contributed by atoms with Gasteiger partial charge in [0.25, 0.3) is 0 Å². The van der Waals surface area contributed by atoms with Crippen LogP contribution >= 0.6 is 23.2 Å². The maximum Gasteiger partial charge on any atom is 0.242 e. The van der Waals surface area contributed by atoms with Gasteiger partial charge in [-0.15, -0.1) is 0 Å². The third-order valence-electron chi connectivity index (χ3n) is 2.89. The van der Waals surface area contributed by atoms with Gasteiger partial charge in [0.1, 0.15) is 5.02 Å². The van der Waals surface area contributed by atoms with Gasteiger partial charge < -0.3 is 9.80 Å². The molecule has 0 aromatic carbocycles. The Morgan fingerprint density at radius 2 is 2.11 bits per heavy atom. The van der Waals surface area contributed by atoms with Gasteiger partial charge in [-0.3, -0.25) is 4.79 Å². The number of likely N-dealkylation sites (N-methyl/N-ethyl adjacent to an activating group) is 1. The topological polar surface area (TPSA) is 49.3 Å². The van der Waals surface area contributed by atoms with Gasteiger partial charge in [0.2, 0.25) is 11.2 Å². The van der Waals surface area contributed by atoms with Crippen LogP contribution in [-0.4, -0.2) is 47.5 Å². The van der Waals surface area contributed by atoms with Gasteiger partial charge in [0.05, 0.1) is 12.7 Å². The first-order valence-electron chi connectivity index (χ1n) is 5.75. The van der Waals surface area contributed by atoms with Gasteiger partial charge in [0.15, 0.2) is 5.82 Å². The van der Waals surface area contributed by atoms with Gasteiger partial charge in [-0.25, -0.2) is 4.98 Å². The third kappa shape index (κ3) is 3.03. The minimum Gasteiger partial charge on any atom is -0.349 e. The van der Waals surface area contributed by atoms with Crippen LogP contribution in [0.3, 0.4) is 0 Å². The molecule has 0 bridgehead atoms. The predicted octanol–water partition coefficient (Wildman–Crippen LogP) is 1.84. The Labute approximate surface area is 116 Å². The first kappa shape index (κ1) is 13.4. The number of carbonyl (C=O) groups excluding carboxylic acids is 1. The summed E-state index contributed by atoms with van der Waals surface area (Å²) in [7, 11) is 1.76. The van der Waals surface area contributed by atoms with Crippen LogP contribution in [0.1, 0.15) is 12.8 Å². The smallest absolute Gasteiger partial charge is 0.242 e. The molecule has 2 rings (SSSR count). The molecule has 1 aromatic rings. The summed E-state index contributed by atoms with van der Waals surface area (Å²) in [4.78, 5) is 23.3. The van der Waals surface area contributed by atoms with Crippen molar-refractivity contribution in [2.24, 2.45) is 0 Å². The molecule has 0 N–H and O–H groups in total. The number of amides is 1. The van der Waals surface area contributed by atoms with Crippen LogP contribution in [0.15, 0.2) is 6.20 Å². The first-order valence-corrected chi connectivity index (χ1v) is 6.50. The molecule has 98 valence electrons. The summed E-state index contributed by atoms with van der Waals surface area (Å²) in [5.41, 5.74) is 0. The molecule has 0 radical (unpaired) electrons. The molecular formula is C11H14Cl2N4O. The second-order valence-corrected chi connectivity index (χ2v) is 5.00. The van der Waals surface area contributed by atoms with Gasteiger partial charge in [-0.2, -0.15) is 4.98 Å². The number of anilines is 1. The number of nitrogens with zero attached hydrogens (tertiary/aromatic N) is 4. The Kier molecular flexibility index (Phi) is 4.24.